The maximum atomic E-state index is 11.2. The third-order valence-corrected chi connectivity index (χ3v) is 1.64. The molecule has 0 aromatic carbocycles. The maximum absolute atomic E-state index is 11.2. The zero-order valence-corrected chi connectivity index (χ0v) is 7.34. The first-order chi connectivity index (χ1) is 6.83. The molecule has 7 nitrogen and oxygen atoms in total. The van der Waals surface area contributed by atoms with E-state index in [2.05, 4.69) is 20.5 Å². The summed E-state index contributed by atoms with van der Waals surface area (Å²) in [6.45, 7) is 0. The molecule has 2 aromatic rings. The third-order valence-electron chi connectivity index (χ3n) is 1.64. The number of aromatic amines is 1. The Morgan fingerprint density at radius 2 is 2.43 bits per heavy atom. The molecule has 7 heteroatoms. The van der Waals surface area contributed by atoms with Crippen molar-refractivity contribution in [2.24, 2.45) is 0 Å². The molecule has 0 radical (unpaired) electrons. The molecule has 0 bridgehead atoms. The van der Waals surface area contributed by atoms with Crippen molar-refractivity contribution in [2.75, 3.05) is 7.11 Å². The highest BCUT2D eigenvalue weighted by Crippen LogP contribution is 2.15. The average Bonchev–Trinajstić information content (AvgIpc) is 2.64. The summed E-state index contributed by atoms with van der Waals surface area (Å²) in [5, 5.41) is 9.12. The minimum Gasteiger partial charge on any atom is -0.479 e. The second kappa shape index (κ2) is 3.29. The van der Waals surface area contributed by atoms with Crippen LogP contribution in [0.2, 0.25) is 0 Å². The molecule has 0 amide bonds. The molecule has 2 heterocycles. The summed E-state index contributed by atoms with van der Waals surface area (Å²) in [4.78, 5) is 15.1. The molecule has 0 fully saturated rings. The van der Waals surface area contributed by atoms with Crippen molar-refractivity contribution in [3.8, 4) is 11.6 Å². The zero-order chi connectivity index (χ0) is 9.97. The molecule has 0 saturated heterocycles. The van der Waals surface area contributed by atoms with E-state index in [-0.39, 0.29) is 0 Å². The predicted octanol–water partition coefficient (Wildman–Crippen LogP) is -0.641. The Labute approximate surface area is 78.3 Å². The number of ether oxygens (including phenoxy) is 1. The number of nitrogens with zero attached hydrogens (tertiary/aromatic N) is 4. The topological polar surface area (TPSA) is 85.7 Å². The van der Waals surface area contributed by atoms with Crippen LogP contribution in [-0.4, -0.2) is 32.3 Å². The van der Waals surface area contributed by atoms with Crippen LogP contribution in [0.25, 0.3) is 5.69 Å². The Hall–Kier alpha value is -2.18. The fraction of sp³-hybridized carbons (Fsp3) is 0.143. The number of methoxy groups -OCH3 is 1. The average molecular weight is 193 g/mol. The largest absolute Gasteiger partial charge is 0.479 e. The molecule has 2 rings (SSSR count). The van der Waals surface area contributed by atoms with E-state index in [1.165, 1.54) is 7.11 Å². The molecule has 14 heavy (non-hydrogen) atoms. The molecule has 0 saturated carbocycles. The van der Waals surface area contributed by atoms with E-state index < -0.39 is 5.69 Å². The molecule has 0 aliphatic carbocycles. The van der Waals surface area contributed by atoms with Gasteiger partial charge in [0.2, 0.25) is 5.88 Å². The van der Waals surface area contributed by atoms with Crippen molar-refractivity contribution in [2.45, 2.75) is 0 Å². The second-order valence-electron chi connectivity index (χ2n) is 2.45. The number of tetrazole rings is 1. The predicted molar refractivity (Wildman–Crippen MR) is 46.3 cm³/mol. The van der Waals surface area contributed by atoms with Crippen molar-refractivity contribution in [3.63, 3.8) is 0 Å². The number of pyridine rings is 1. The highest BCUT2D eigenvalue weighted by Gasteiger charge is 2.09. The Balaban J connectivity index is 2.62. The lowest BCUT2D eigenvalue weighted by Gasteiger charge is -2.03. The maximum Gasteiger partial charge on any atom is 0.366 e. The molecule has 0 atom stereocenters. The SMILES string of the molecule is COc1ncccc1-n1nn[nH]c1=O. The fourth-order valence-corrected chi connectivity index (χ4v) is 1.06. The van der Waals surface area contributed by atoms with Gasteiger partial charge in [0, 0.05) is 6.20 Å². The van der Waals surface area contributed by atoms with Crippen LogP contribution in [0.1, 0.15) is 0 Å². The lowest BCUT2D eigenvalue weighted by molar-refractivity contribution is 0.394. The second-order valence-corrected chi connectivity index (χ2v) is 2.45. The van der Waals surface area contributed by atoms with Gasteiger partial charge in [0.1, 0.15) is 5.69 Å². The summed E-state index contributed by atoms with van der Waals surface area (Å²) >= 11 is 0. The highest BCUT2D eigenvalue weighted by molar-refractivity contribution is 5.39. The van der Waals surface area contributed by atoms with Crippen molar-refractivity contribution in [3.05, 3.63) is 28.8 Å². The van der Waals surface area contributed by atoms with Gasteiger partial charge < -0.3 is 4.74 Å². The molecule has 2 aromatic heterocycles. The van der Waals surface area contributed by atoms with Crippen molar-refractivity contribution in [1.29, 1.82) is 0 Å². The fourth-order valence-electron chi connectivity index (χ4n) is 1.06. The Bertz CT molecular complexity index is 489. The minimum absolute atomic E-state index is 0.323. The van der Waals surface area contributed by atoms with Crippen molar-refractivity contribution >= 4 is 0 Å². The minimum atomic E-state index is -0.434. The van der Waals surface area contributed by atoms with Crippen LogP contribution in [0.5, 0.6) is 5.88 Å². The van der Waals surface area contributed by atoms with E-state index in [9.17, 15) is 4.79 Å². The zero-order valence-electron chi connectivity index (χ0n) is 7.34. The van der Waals surface area contributed by atoms with Gasteiger partial charge in [0.25, 0.3) is 0 Å². The first-order valence-electron chi connectivity index (χ1n) is 3.82. The van der Waals surface area contributed by atoms with Gasteiger partial charge in [0.05, 0.1) is 7.11 Å². The molecule has 72 valence electrons. The number of aromatic nitrogens is 5. The summed E-state index contributed by atoms with van der Waals surface area (Å²) in [5.41, 5.74) is 0.0186. The number of hydrogen-bond acceptors (Lipinski definition) is 5. The molecule has 1 N–H and O–H groups in total. The number of nitrogens with one attached hydrogen (secondary N) is 1. The Kier molecular flexibility index (Phi) is 1.98. The first kappa shape index (κ1) is 8.42. The monoisotopic (exact) mass is 193 g/mol. The van der Waals surface area contributed by atoms with Crippen molar-refractivity contribution < 1.29 is 4.74 Å². The molecular weight excluding hydrogens is 186 g/mol. The van der Waals surface area contributed by atoms with Crippen LogP contribution in [0.4, 0.5) is 0 Å². The lowest BCUT2D eigenvalue weighted by Crippen LogP contribution is -2.17. The van der Waals surface area contributed by atoms with Gasteiger partial charge >= 0.3 is 5.69 Å². The van der Waals surface area contributed by atoms with Gasteiger partial charge in [-0.15, -0.1) is 0 Å². The van der Waals surface area contributed by atoms with Crippen LogP contribution in [0, 0.1) is 0 Å². The summed E-state index contributed by atoms with van der Waals surface area (Å²) < 4.78 is 6.05. The number of hydrogen-bond donors (Lipinski definition) is 1. The van der Waals surface area contributed by atoms with E-state index in [0.29, 0.717) is 11.6 Å². The molecule has 0 unspecified atom stereocenters. The highest BCUT2D eigenvalue weighted by atomic mass is 16.5. The number of H-pyrrole nitrogens is 1. The summed E-state index contributed by atoms with van der Waals surface area (Å²) in [5.74, 6) is 0.323. The molecular formula is C7H7N5O2. The van der Waals surface area contributed by atoms with Gasteiger partial charge in [-0.1, -0.05) is 0 Å². The Morgan fingerprint density at radius 3 is 3.07 bits per heavy atom. The Morgan fingerprint density at radius 1 is 1.57 bits per heavy atom. The van der Waals surface area contributed by atoms with Crippen LogP contribution in [0.15, 0.2) is 23.1 Å². The quantitative estimate of drug-likeness (QED) is 0.685. The van der Waals surface area contributed by atoms with Crippen LogP contribution < -0.4 is 10.4 Å². The summed E-state index contributed by atoms with van der Waals surface area (Å²) in [6.07, 6.45) is 1.56. The van der Waals surface area contributed by atoms with Gasteiger partial charge in [-0.05, 0) is 22.6 Å². The van der Waals surface area contributed by atoms with Crippen LogP contribution in [-0.2, 0) is 0 Å². The molecule has 0 aliphatic rings. The van der Waals surface area contributed by atoms with E-state index in [0.717, 1.165) is 4.68 Å². The van der Waals surface area contributed by atoms with E-state index in [1.54, 1.807) is 18.3 Å². The lowest BCUT2D eigenvalue weighted by atomic mass is 10.4. The molecule has 0 aliphatic heterocycles. The normalized spacial score (nSPS) is 10.1. The van der Waals surface area contributed by atoms with Crippen LogP contribution in [0.3, 0.4) is 0 Å². The first-order valence-corrected chi connectivity index (χ1v) is 3.82. The standard InChI is InChI=1S/C7H7N5O2/c1-14-6-5(3-2-4-8-6)12-7(13)9-10-11-12/h2-4H,1H3,(H,9,11,13). The number of rotatable bonds is 2. The third kappa shape index (κ3) is 1.24. The summed E-state index contributed by atoms with van der Waals surface area (Å²) in [7, 11) is 1.47. The van der Waals surface area contributed by atoms with Gasteiger partial charge in [-0.25, -0.2) is 14.9 Å². The molecule has 0 spiro atoms. The summed E-state index contributed by atoms with van der Waals surface area (Å²) in [6, 6.07) is 3.34. The van der Waals surface area contributed by atoms with E-state index in [1.807, 2.05) is 0 Å². The van der Waals surface area contributed by atoms with Gasteiger partial charge in [0.15, 0.2) is 0 Å². The van der Waals surface area contributed by atoms with Crippen LogP contribution >= 0.6 is 0 Å². The van der Waals surface area contributed by atoms with Gasteiger partial charge in [-0.2, -0.15) is 4.68 Å². The van der Waals surface area contributed by atoms with E-state index in [4.69, 9.17) is 4.74 Å². The van der Waals surface area contributed by atoms with Crippen molar-refractivity contribution in [1.82, 2.24) is 25.2 Å². The smallest absolute Gasteiger partial charge is 0.366 e. The van der Waals surface area contributed by atoms with E-state index >= 15 is 0 Å². The van der Waals surface area contributed by atoms with Gasteiger partial charge in [-0.3, -0.25) is 0 Å².